The second-order valence-corrected chi connectivity index (χ2v) is 11.2. The average Bonchev–Trinajstić information content (AvgIpc) is 3.02. The van der Waals surface area contributed by atoms with Crippen LogP contribution in [0, 0.1) is 5.41 Å². The number of amides is 1. The van der Waals surface area contributed by atoms with Gasteiger partial charge in [-0.3, -0.25) is 19.0 Å². The van der Waals surface area contributed by atoms with Crippen molar-refractivity contribution in [3.8, 4) is 0 Å². The van der Waals surface area contributed by atoms with Crippen LogP contribution in [-0.2, 0) is 16.1 Å². The quantitative estimate of drug-likeness (QED) is 0.627. The highest BCUT2D eigenvalue weighted by molar-refractivity contribution is 7.98. The van der Waals surface area contributed by atoms with Crippen LogP contribution in [-0.4, -0.2) is 40.0 Å². The molecule has 0 saturated carbocycles. The van der Waals surface area contributed by atoms with Crippen molar-refractivity contribution < 1.29 is 9.59 Å². The summed E-state index contributed by atoms with van der Waals surface area (Å²) in [5, 5.41) is 0. The van der Waals surface area contributed by atoms with Crippen LogP contribution in [0.4, 0.5) is 0 Å². The molecular weight excluding hydrogens is 440 g/mol. The second kappa shape index (κ2) is 10.2. The smallest absolute Gasteiger partial charge is 0.269 e. The molecule has 2 aromatic rings. The van der Waals surface area contributed by atoms with Gasteiger partial charge in [-0.2, -0.15) is 0 Å². The molecule has 0 N–H and O–H groups in total. The molecule has 1 aliphatic rings. The number of hydrogen-bond acceptors (Lipinski definition) is 5. The van der Waals surface area contributed by atoms with Gasteiger partial charge in [0.15, 0.2) is 5.78 Å². The lowest BCUT2D eigenvalue weighted by Crippen LogP contribution is -2.46. The Morgan fingerprint density at radius 2 is 1.88 bits per heavy atom. The van der Waals surface area contributed by atoms with Gasteiger partial charge in [0.2, 0.25) is 5.91 Å². The third-order valence-corrected chi connectivity index (χ3v) is 7.56. The molecule has 2 heterocycles. The van der Waals surface area contributed by atoms with E-state index in [9.17, 15) is 14.4 Å². The van der Waals surface area contributed by atoms with E-state index in [0.29, 0.717) is 9.20 Å². The molecule has 3 rings (SSSR count). The molecule has 0 aliphatic carbocycles. The van der Waals surface area contributed by atoms with Crippen molar-refractivity contribution in [2.75, 3.05) is 12.8 Å². The van der Waals surface area contributed by atoms with Gasteiger partial charge in [-0.25, -0.2) is 0 Å². The monoisotopic (exact) mass is 472 g/mol. The number of rotatable bonds is 5. The molecule has 172 valence electrons. The Kier molecular flexibility index (Phi) is 7.83. The number of aromatic nitrogens is 1. The van der Waals surface area contributed by atoms with Crippen LogP contribution in [0.2, 0.25) is 0 Å². The molecule has 1 atom stereocenters. The zero-order valence-corrected chi connectivity index (χ0v) is 21.1. The summed E-state index contributed by atoms with van der Waals surface area (Å²) in [6.45, 7) is 8.29. The van der Waals surface area contributed by atoms with Crippen LogP contribution < -0.4 is 14.8 Å². The zero-order chi connectivity index (χ0) is 23.5. The first kappa shape index (κ1) is 24.5. The van der Waals surface area contributed by atoms with E-state index in [0.717, 1.165) is 36.3 Å². The first-order valence-corrected chi connectivity index (χ1v) is 13.1. The maximum absolute atomic E-state index is 13.3. The van der Waals surface area contributed by atoms with Gasteiger partial charge >= 0.3 is 0 Å². The van der Waals surface area contributed by atoms with E-state index in [4.69, 9.17) is 0 Å². The highest BCUT2D eigenvalue weighted by Gasteiger charge is 2.25. The summed E-state index contributed by atoms with van der Waals surface area (Å²) in [5.74, 6) is -0.131. The number of nitrogens with zero attached hydrogens (tertiary/aromatic N) is 2. The van der Waals surface area contributed by atoms with E-state index in [1.807, 2.05) is 62.3 Å². The molecule has 1 aromatic carbocycles. The van der Waals surface area contributed by atoms with Gasteiger partial charge in [-0.1, -0.05) is 32.9 Å². The highest BCUT2D eigenvalue weighted by Crippen LogP contribution is 2.17. The van der Waals surface area contributed by atoms with E-state index < -0.39 is 5.41 Å². The Labute approximate surface area is 197 Å². The summed E-state index contributed by atoms with van der Waals surface area (Å²) in [6.07, 6.45) is 8.47. The summed E-state index contributed by atoms with van der Waals surface area (Å²) in [4.78, 5) is 42.1. The number of likely N-dealkylation sites (tertiary alicyclic amines) is 1. The molecule has 1 aliphatic heterocycles. The van der Waals surface area contributed by atoms with Gasteiger partial charge in [0.25, 0.3) is 5.56 Å². The van der Waals surface area contributed by atoms with Crippen molar-refractivity contribution in [3.05, 3.63) is 49.4 Å². The molecule has 5 nitrogen and oxygen atoms in total. The van der Waals surface area contributed by atoms with Gasteiger partial charge in [-0.05, 0) is 56.2 Å². The Bertz CT molecular complexity index is 1150. The number of benzene rings is 1. The molecule has 0 spiro atoms. The number of thioether (sulfide) groups is 1. The number of thiazole rings is 1. The van der Waals surface area contributed by atoms with Gasteiger partial charge in [-0.15, -0.1) is 23.1 Å². The maximum Gasteiger partial charge on any atom is 0.269 e. The van der Waals surface area contributed by atoms with Crippen LogP contribution in [0.3, 0.4) is 0 Å². The Morgan fingerprint density at radius 3 is 2.47 bits per heavy atom. The molecular formula is C25H32N2O3S2. The maximum atomic E-state index is 13.3. The fraction of sp³-hybridized carbons (Fsp3) is 0.480. The van der Waals surface area contributed by atoms with E-state index in [-0.39, 0.29) is 29.8 Å². The van der Waals surface area contributed by atoms with Crippen LogP contribution in [0.5, 0.6) is 0 Å². The second-order valence-electron chi connectivity index (χ2n) is 9.30. The lowest BCUT2D eigenvalue weighted by molar-refractivity contribution is -0.135. The largest absolute Gasteiger partial charge is 0.338 e. The number of carbonyl (C=O) groups is 2. The molecule has 1 aromatic heterocycles. The number of hydrogen-bond donors (Lipinski definition) is 0. The summed E-state index contributed by atoms with van der Waals surface area (Å²) >= 11 is 2.93. The molecule has 7 heteroatoms. The minimum Gasteiger partial charge on any atom is -0.338 e. The number of Topliss-reactive ketones (excluding diaryl/α,β-unsaturated/α-hetero) is 1. The van der Waals surface area contributed by atoms with Crippen LogP contribution in [0.1, 0.15) is 52.5 Å². The predicted molar refractivity (Wildman–Crippen MR) is 134 cm³/mol. The fourth-order valence-corrected chi connectivity index (χ4v) is 5.12. The predicted octanol–water partition coefficient (Wildman–Crippen LogP) is 3.26. The van der Waals surface area contributed by atoms with Crippen LogP contribution in [0.25, 0.3) is 12.2 Å². The fourth-order valence-electron chi connectivity index (χ4n) is 3.67. The Hall–Kier alpha value is -2.12. The summed E-state index contributed by atoms with van der Waals surface area (Å²) in [6, 6.07) is 8.15. The topological polar surface area (TPSA) is 59.4 Å². The van der Waals surface area contributed by atoms with Crippen LogP contribution in [0.15, 0.2) is 34.0 Å². The summed E-state index contributed by atoms with van der Waals surface area (Å²) < 4.78 is 2.52. The average molecular weight is 473 g/mol. The minimum absolute atomic E-state index is 0.0395. The lowest BCUT2D eigenvalue weighted by Gasteiger charge is -2.33. The van der Waals surface area contributed by atoms with Crippen molar-refractivity contribution in [3.63, 3.8) is 0 Å². The number of ketones is 1. The third-order valence-electron chi connectivity index (χ3n) is 5.76. The first-order valence-electron chi connectivity index (χ1n) is 11.0. The van der Waals surface area contributed by atoms with E-state index in [2.05, 4.69) is 6.92 Å². The molecule has 0 unspecified atom stereocenters. The van der Waals surface area contributed by atoms with Crippen molar-refractivity contribution in [2.24, 2.45) is 5.41 Å². The van der Waals surface area contributed by atoms with Gasteiger partial charge in [0.1, 0.15) is 11.2 Å². The molecule has 0 radical (unpaired) electrons. The molecule has 0 bridgehead atoms. The SMILES string of the molecule is CSc1ccc(/C=c2\s/c(=C\C(=O)C(C)(C)C)n(CC(=O)N3CCCC[C@H]3C)c2=O)cc1. The molecule has 1 saturated heterocycles. The molecule has 1 fully saturated rings. The normalized spacial score (nSPS) is 18.3. The number of piperidine rings is 1. The Balaban J connectivity index is 2.06. The molecule has 1 amide bonds. The van der Waals surface area contributed by atoms with E-state index >= 15 is 0 Å². The van der Waals surface area contributed by atoms with Crippen LogP contribution >= 0.6 is 23.1 Å². The van der Waals surface area contributed by atoms with Gasteiger partial charge in [0, 0.05) is 29.0 Å². The van der Waals surface area contributed by atoms with Crippen molar-refractivity contribution >= 4 is 46.9 Å². The zero-order valence-electron chi connectivity index (χ0n) is 19.5. The van der Waals surface area contributed by atoms with E-state index in [1.165, 1.54) is 22.0 Å². The summed E-state index contributed by atoms with van der Waals surface area (Å²) in [7, 11) is 0. The Morgan fingerprint density at radius 1 is 1.19 bits per heavy atom. The van der Waals surface area contributed by atoms with Crippen molar-refractivity contribution in [2.45, 2.75) is 64.4 Å². The summed E-state index contributed by atoms with van der Waals surface area (Å²) in [5.41, 5.74) is 0.126. The lowest BCUT2D eigenvalue weighted by atomic mass is 9.91. The first-order chi connectivity index (χ1) is 15.1. The standard InChI is InChI=1S/C25H32N2O3S2/c1-17-8-6-7-13-26(17)22(29)16-27-23(15-21(28)25(2,3)4)32-20(24(27)30)14-18-9-11-19(31-5)12-10-18/h9-12,14-15,17H,6-8,13,16H2,1-5H3/b20-14-,23-15-/t17-/m1/s1. The highest BCUT2D eigenvalue weighted by atomic mass is 32.2. The van der Waals surface area contributed by atoms with Crippen molar-refractivity contribution in [1.82, 2.24) is 9.47 Å². The van der Waals surface area contributed by atoms with Crippen molar-refractivity contribution in [1.29, 1.82) is 0 Å². The third kappa shape index (κ3) is 5.81. The molecule has 32 heavy (non-hydrogen) atoms. The number of carbonyl (C=O) groups excluding carboxylic acids is 2. The van der Waals surface area contributed by atoms with Gasteiger partial charge in [0.05, 0.1) is 4.53 Å². The van der Waals surface area contributed by atoms with Gasteiger partial charge < -0.3 is 4.90 Å². The minimum atomic E-state index is -0.562. The van der Waals surface area contributed by atoms with E-state index in [1.54, 1.807) is 11.8 Å².